The summed E-state index contributed by atoms with van der Waals surface area (Å²) < 4.78 is 24.2. The number of rotatable bonds is 2. The number of nitrogens with zero attached hydrogens (tertiary/aromatic N) is 1. The Bertz CT molecular complexity index is 849. The van der Waals surface area contributed by atoms with E-state index in [2.05, 4.69) is 22.4 Å². The highest BCUT2D eigenvalue weighted by molar-refractivity contribution is 7.88. The number of hydrogen-bond acceptors (Lipinski definition) is 4. The van der Waals surface area contributed by atoms with E-state index in [1.54, 1.807) is 0 Å². The van der Waals surface area contributed by atoms with Crippen molar-refractivity contribution in [3.8, 4) is 22.4 Å². The summed E-state index contributed by atoms with van der Waals surface area (Å²) >= 11 is 0. The molecule has 3 rings (SSSR count). The van der Waals surface area contributed by atoms with Gasteiger partial charge in [0.1, 0.15) is 11.5 Å². The van der Waals surface area contributed by atoms with Gasteiger partial charge in [0.05, 0.1) is 11.8 Å². The second-order valence-electron chi connectivity index (χ2n) is 5.02. The SMILES string of the molecule is CS(N)(=O)=O.Cc1onc(-c2ccccc2)c1-c1ccccc1. The molecule has 2 aromatic carbocycles. The molecule has 0 radical (unpaired) electrons. The van der Waals surface area contributed by atoms with Crippen LogP contribution < -0.4 is 5.14 Å². The van der Waals surface area contributed by atoms with Crippen LogP contribution in [-0.2, 0) is 10.0 Å². The van der Waals surface area contributed by atoms with Crippen LogP contribution in [0.1, 0.15) is 5.76 Å². The largest absolute Gasteiger partial charge is 0.360 e. The molecule has 3 aromatic rings. The fourth-order valence-corrected chi connectivity index (χ4v) is 2.11. The number of primary sulfonamides is 1. The standard InChI is InChI=1S/C16H13NO.CH5NO2S/c1-12-15(13-8-4-2-5-9-13)16(17-18-12)14-10-6-3-7-11-14;1-5(2,3)4/h2-11H,1H3;1H3,(H2,2,3,4). The van der Waals surface area contributed by atoms with Crippen LogP contribution in [0.3, 0.4) is 0 Å². The average molecular weight is 330 g/mol. The van der Waals surface area contributed by atoms with Crippen LogP contribution in [0, 0.1) is 6.92 Å². The molecule has 0 saturated carbocycles. The second-order valence-corrected chi connectivity index (χ2v) is 6.68. The third-order valence-electron chi connectivity index (χ3n) is 2.97. The van der Waals surface area contributed by atoms with Crippen molar-refractivity contribution < 1.29 is 12.9 Å². The van der Waals surface area contributed by atoms with Gasteiger partial charge in [0, 0.05) is 5.56 Å². The lowest BCUT2D eigenvalue weighted by atomic mass is 10.00. The first-order valence-corrected chi connectivity index (χ1v) is 8.86. The quantitative estimate of drug-likeness (QED) is 0.781. The van der Waals surface area contributed by atoms with Gasteiger partial charge in [-0.15, -0.1) is 0 Å². The number of benzene rings is 2. The molecule has 1 aromatic heterocycles. The highest BCUT2D eigenvalue weighted by Gasteiger charge is 2.15. The number of aromatic nitrogens is 1. The lowest BCUT2D eigenvalue weighted by Crippen LogP contribution is -2.07. The predicted octanol–water partition coefficient (Wildman–Crippen LogP) is 3.22. The molecule has 120 valence electrons. The van der Waals surface area contributed by atoms with Gasteiger partial charge in [-0.25, -0.2) is 13.6 Å². The van der Waals surface area contributed by atoms with Crippen molar-refractivity contribution in [1.82, 2.24) is 5.16 Å². The maximum Gasteiger partial charge on any atom is 0.206 e. The average Bonchev–Trinajstić information content (AvgIpc) is 2.89. The van der Waals surface area contributed by atoms with Crippen molar-refractivity contribution in [2.75, 3.05) is 6.26 Å². The monoisotopic (exact) mass is 330 g/mol. The lowest BCUT2D eigenvalue weighted by molar-refractivity contribution is 0.400. The first-order chi connectivity index (χ1) is 10.9. The summed E-state index contributed by atoms with van der Waals surface area (Å²) in [6.07, 6.45) is 0.938. The predicted molar refractivity (Wildman–Crippen MR) is 91.1 cm³/mol. The summed E-state index contributed by atoms with van der Waals surface area (Å²) in [4.78, 5) is 0. The Balaban J connectivity index is 0.000000338. The zero-order valence-electron chi connectivity index (χ0n) is 12.9. The minimum absolute atomic E-state index is 0.847. The number of hydrogen-bond donors (Lipinski definition) is 1. The molecule has 0 aliphatic carbocycles. The summed E-state index contributed by atoms with van der Waals surface area (Å²) in [6.45, 7) is 1.95. The van der Waals surface area contributed by atoms with E-state index in [9.17, 15) is 8.42 Å². The zero-order chi connectivity index (χ0) is 16.9. The first kappa shape index (κ1) is 16.9. The smallest absolute Gasteiger partial charge is 0.206 e. The Morgan fingerprint density at radius 1 is 0.913 bits per heavy atom. The molecular weight excluding hydrogens is 312 g/mol. The van der Waals surface area contributed by atoms with Crippen LogP contribution in [0.5, 0.6) is 0 Å². The maximum atomic E-state index is 9.41. The van der Waals surface area contributed by atoms with Gasteiger partial charge in [0.2, 0.25) is 10.0 Å². The molecule has 0 aliphatic rings. The van der Waals surface area contributed by atoms with Gasteiger partial charge < -0.3 is 4.52 Å². The molecule has 0 saturated heterocycles. The molecule has 23 heavy (non-hydrogen) atoms. The molecule has 0 aliphatic heterocycles. The van der Waals surface area contributed by atoms with Crippen LogP contribution in [0.15, 0.2) is 65.2 Å². The summed E-state index contributed by atoms with van der Waals surface area (Å²) in [6, 6.07) is 20.3. The van der Waals surface area contributed by atoms with Crippen molar-refractivity contribution in [2.45, 2.75) is 6.92 Å². The normalized spacial score (nSPS) is 10.7. The van der Waals surface area contributed by atoms with Gasteiger partial charge in [-0.2, -0.15) is 0 Å². The van der Waals surface area contributed by atoms with Crippen LogP contribution >= 0.6 is 0 Å². The Labute approximate surface area is 135 Å². The minimum atomic E-state index is -3.17. The van der Waals surface area contributed by atoms with E-state index in [0.717, 1.165) is 34.4 Å². The molecule has 1 heterocycles. The van der Waals surface area contributed by atoms with Gasteiger partial charge in [-0.1, -0.05) is 65.8 Å². The van der Waals surface area contributed by atoms with E-state index in [1.807, 2.05) is 55.5 Å². The Morgan fingerprint density at radius 3 is 1.83 bits per heavy atom. The van der Waals surface area contributed by atoms with E-state index in [1.165, 1.54) is 0 Å². The van der Waals surface area contributed by atoms with E-state index in [0.29, 0.717) is 0 Å². The summed E-state index contributed by atoms with van der Waals surface area (Å²) in [5, 5.41) is 8.51. The molecule has 0 spiro atoms. The summed E-state index contributed by atoms with van der Waals surface area (Å²) in [5.74, 6) is 0.847. The van der Waals surface area contributed by atoms with Gasteiger partial charge in [-0.3, -0.25) is 0 Å². The van der Waals surface area contributed by atoms with Gasteiger partial charge in [0.25, 0.3) is 0 Å². The van der Waals surface area contributed by atoms with E-state index < -0.39 is 10.0 Å². The van der Waals surface area contributed by atoms with E-state index in [-0.39, 0.29) is 0 Å². The third-order valence-corrected chi connectivity index (χ3v) is 2.97. The lowest BCUT2D eigenvalue weighted by Gasteiger charge is -2.02. The zero-order valence-corrected chi connectivity index (χ0v) is 13.7. The van der Waals surface area contributed by atoms with Crippen molar-refractivity contribution in [3.63, 3.8) is 0 Å². The molecule has 0 atom stereocenters. The third kappa shape index (κ3) is 5.05. The first-order valence-electron chi connectivity index (χ1n) is 6.91. The molecule has 0 bridgehead atoms. The second kappa shape index (κ2) is 7.21. The highest BCUT2D eigenvalue weighted by Crippen LogP contribution is 2.33. The molecule has 0 amide bonds. The van der Waals surface area contributed by atoms with Crippen LogP contribution in [0.4, 0.5) is 0 Å². The number of sulfonamides is 1. The van der Waals surface area contributed by atoms with Gasteiger partial charge in [-0.05, 0) is 12.5 Å². The maximum absolute atomic E-state index is 9.41. The number of aryl methyl sites for hydroxylation is 1. The van der Waals surface area contributed by atoms with Gasteiger partial charge in [0.15, 0.2) is 0 Å². The Kier molecular flexibility index (Phi) is 5.31. The molecule has 6 heteroatoms. The molecule has 5 nitrogen and oxygen atoms in total. The van der Waals surface area contributed by atoms with Crippen LogP contribution in [0.25, 0.3) is 22.4 Å². The van der Waals surface area contributed by atoms with Crippen molar-refractivity contribution in [3.05, 3.63) is 66.4 Å². The number of nitrogens with two attached hydrogens (primary N) is 1. The van der Waals surface area contributed by atoms with Crippen LogP contribution in [0.2, 0.25) is 0 Å². The molecule has 0 unspecified atom stereocenters. The van der Waals surface area contributed by atoms with E-state index in [4.69, 9.17) is 4.52 Å². The van der Waals surface area contributed by atoms with Crippen LogP contribution in [-0.4, -0.2) is 19.8 Å². The fraction of sp³-hybridized carbons (Fsp3) is 0.118. The van der Waals surface area contributed by atoms with Gasteiger partial charge >= 0.3 is 0 Å². The summed E-state index contributed by atoms with van der Waals surface area (Å²) in [5.41, 5.74) is 4.18. The van der Waals surface area contributed by atoms with Crippen molar-refractivity contribution in [1.29, 1.82) is 0 Å². The molecule has 0 fully saturated rings. The minimum Gasteiger partial charge on any atom is -0.360 e. The van der Waals surface area contributed by atoms with Crippen molar-refractivity contribution >= 4 is 10.0 Å². The molecule has 2 N–H and O–H groups in total. The topological polar surface area (TPSA) is 86.2 Å². The Hall–Kier alpha value is -2.44. The summed E-state index contributed by atoms with van der Waals surface area (Å²) in [7, 11) is -3.17. The Morgan fingerprint density at radius 2 is 1.35 bits per heavy atom. The highest BCUT2D eigenvalue weighted by atomic mass is 32.2. The van der Waals surface area contributed by atoms with E-state index >= 15 is 0 Å². The molecular formula is C17H18N2O3S. The fourth-order valence-electron chi connectivity index (χ4n) is 2.11. The van der Waals surface area contributed by atoms with Crippen molar-refractivity contribution in [2.24, 2.45) is 5.14 Å².